The van der Waals surface area contributed by atoms with Gasteiger partial charge in [0, 0.05) is 31.1 Å². The molecule has 2 aromatic rings. The number of halogens is 3. The van der Waals surface area contributed by atoms with Crippen LogP contribution < -0.4 is 39.9 Å². The van der Waals surface area contributed by atoms with Gasteiger partial charge in [0.05, 0.1) is 14.2 Å². The number of alkyl halides is 1. The number of hydroxylamine groups is 3. The number of nitrogens with zero attached hydrogens (tertiary/aromatic N) is 5. The van der Waals surface area contributed by atoms with E-state index in [1.165, 1.54) is 7.11 Å². The fourth-order valence-electron chi connectivity index (χ4n) is 1.96. The van der Waals surface area contributed by atoms with Crippen LogP contribution in [0.3, 0.4) is 0 Å². The van der Waals surface area contributed by atoms with Gasteiger partial charge >= 0.3 is 29.6 Å². The molecular formula is C20H28Cl3N8NaO4+2. The molecule has 1 amide bonds. The fourth-order valence-corrected chi connectivity index (χ4v) is 2.24. The Morgan fingerprint density at radius 2 is 1.58 bits per heavy atom. The zero-order chi connectivity index (χ0) is 26.4. The third-order valence-electron chi connectivity index (χ3n) is 3.57. The average Bonchev–Trinajstić information content (AvgIpc) is 2.87. The number of amides is 1. The average molecular weight is 574 g/mol. The van der Waals surface area contributed by atoms with Crippen molar-refractivity contribution in [3.05, 3.63) is 81.2 Å². The molecule has 0 atom stereocenters. The number of carbonyl (C=O) groups excluding carboxylic acids is 2. The first kappa shape index (κ1) is 41.1. The normalized spacial score (nSPS) is 8.17. The topological polar surface area (TPSA) is 178 Å². The first-order chi connectivity index (χ1) is 16.2. The van der Waals surface area contributed by atoms with Gasteiger partial charge < -0.3 is 4.84 Å². The number of nitrogens with one attached hydrogen (secondary N) is 3. The molecule has 0 bridgehead atoms. The minimum Gasteiger partial charge on any atom is -0.305 e. The van der Waals surface area contributed by atoms with E-state index in [0.29, 0.717) is 23.6 Å². The summed E-state index contributed by atoms with van der Waals surface area (Å²) < 4.78 is 0. The molecule has 0 heterocycles. The molecule has 0 spiro atoms. The van der Waals surface area contributed by atoms with Crippen LogP contribution in [0.2, 0.25) is 0 Å². The summed E-state index contributed by atoms with van der Waals surface area (Å²) in [6.07, 6.45) is 0. The van der Waals surface area contributed by atoms with Crippen molar-refractivity contribution in [1.29, 1.82) is 11.1 Å². The van der Waals surface area contributed by atoms with Crippen LogP contribution in [0.15, 0.2) is 53.6 Å². The molecule has 36 heavy (non-hydrogen) atoms. The van der Waals surface area contributed by atoms with E-state index in [1.807, 2.05) is 12.1 Å². The Morgan fingerprint density at radius 1 is 1.11 bits per heavy atom. The van der Waals surface area contributed by atoms with Gasteiger partial charge in [-0.2, -0.15) is 0 Å². The van der Waals surface area contributed by atoms with Crippen LogP contribution in [-0.2, 0) is 22.1 Å². The first-order valence-electron chi connectivity index (χ1n) is 9.25. The van der Waals surface area contributed by atoms with Crippen LogP contribution in [0, 0.1) is 11.1 Å². The third kappa shape index (κ3) is 20.2. The fraction of sp³-hybridized carbons (Fsp3) is 0.300. The van der Waals surface area contributed by atoms with Crippen LogP contribution >= 0.6 is 35.6 Å². The van der Waals surface area contributed by atoms with E-state index in [9.17, 15) is 9.59 Å². The summed E-state index contributed by atoms with van der Waals surface area (Å²) in [5, 5.41) is 4.24. The Balaban J connectivity index is -0.000000223. The minimum absolute atomic E-state index is 0. The van der Waals surface area contributed by atoms with E-state index in [1.54, 1.807) is 62.5 Å². The number of hydrogen-bond acceptors (Lipinski definition) is 8. The van der Waals surface area contributed by atoms with Crippen molar-refractivity contribution in [2.24, 2.45) is 5.11 Å². The van der Waals surface area contributed by atoms with Gasteiger partial charge in [0.1, 0.15) is 17.2 Å². The summed E-state index contributed by atoms with van der Waals surface area (Å²) in [5.41, 5.74) is 24.0. The molecular weight excluding hydrogens is 546 g/mol. The van der Waals surface area contributed by atoms with Gasteiger partial charge in [0.2, 0.25) is 4.91 Å². The third-order valence-corrected chi connectivity index (χ3v) is 4.10. The zero-order valence-corrected chi connectivity index (χ0v) is 24.9. The predicted octanol–water partition coefficient (Wildman–Crippen LogP) is 2.24. The first-order valence-corrected chi connectivity index (χ1v) is 10.2. The molecule has 2 rings (SSSR count). The summed E-state index contributed by atoms with van der Waals surface area (Å²) in [7, 11) is 6.24. The standard InChI is InChI=1S/C10H13N4O2.C8H6Cl2O.C2H7NO.ClH.HN3.Na/c1-14(16-2)10(15)9-5-3-4-8(6-9)7-12-13-11;9-5-6-2-1-3-7(4-6)8(10)11;1-3-4-2;;1-3-2;/h3-6,11H,7H2,1-2H3;1-4H,5H2;3H,1-2H3;1H;1H;/q+1;;;;;+1. The van der Waals surface area contributed by atoms with E-state index < -0.39 is 5.24 Å². The molecule has 0 aliphatic heterocycles. The largest absolute Gasteiger partial charge is 1.00 e. The monoisotopic (exact) mass is 572 g/mol. The quantitative estimate of drug-likeness (QED) is 0.0873. The van der Waals surface area contributed by atoms with Crippen LogP contribution in [0.25, 0.3) is 10.4 Å². The van der Waals surface area contributed by atoms with Crippen molar-refractivity contribution in [3.8, 4) is 0 Å². The van der Waals surface area contributed by atoms with Crippen molar-refractivity contribution in [2.75, 3.05) is 28.3 Å². The molecule has 3 N–H and O–H groups in total. The second kappa shape index (κ2) is 27.5. The van der Waals surface area contributed by atoms with Gasteiger partial charge in [-0.3, -0.25) is 14.4 Å². The van der Waals surface area contributed by atoms with Gasteiger partial charge in [-0.05, 0) is 51.4 Å². The molecule has 0 aliphatic carbocycles. The second-order valence-corrected chi connectivity index (χ2v) is 6.31. The SMILES string of the molecule is CNOC.CON(C)C(=O)c1cccc(CN=[N+]=N)c1.Cl.O=C(Cl)c1cccc(CCl)c1.[N-]=[N+]=N.[Na+]. The van der Waals surface area contributed by atoms with E-state index in [0.717, 1.165) is 16.2 Å². The van der Waals surface area contributed by atoms with Crippen LogP contribution in [0.5, 0.6) is 0 Å². The van der Waals surface area contributed by atoms with Crippen molar-refractivity contribution < 1.29 is 48.8 Å². The van der Waals surface area contributed by atoms with Gasteiger partial charge in [-0.1, -0.05) is 30.3 Å². The van der Waals surface area contributed by atoms with Crippen molar-refractivity contribution in [3.63, 3.8) is 0 Å². The van der Waals surface area contributed by atoms with Crippen LogP contribution in [0.4, 0.5) is 0 Å². The molecule has 0 saturated heterocycles. The van der Waals surface area contributed by atoms with E-state index in [4.69, 9.17) is 44.6 Å². The maximum atomic E-state index is 11.7. The summed E-state index contributed by atoms with van der Waals surface area (Å²) in [5.74, 6) is 0.171. The predicted molar refractivity (Wildman–Crippen MR) is 135 cm³/mol. The van der Waals surface area contributed by atoms with Gasteiger partial charge in [0.25, 0.3) is 11.1 Å². The molecule has 0 fully saturated rings. The Morgan fingerprint density at radius 3 is 2.00 bits per heavy atom. The molecule has 0 aliphatic rings. The van der Waals surface area contributed by atoms with Crippen LogP contribution in [-0.4, -0.2) is 44.5 Å². The molecule has 0 aromatic heterocycles. The molecule has 192 valence electrons. The molecule has 0 saturated carbocycles. The van der Waals surface area contributed by atoms with E-state index >= 15 is 0 Å². The summed E-state index contributed by atoms with van der Waals surface area (Å²) >= 11 is 10.8. The van der Waals surface area contributed by atoms with Crippen molar-refractivity contribution in [1.82, 2.24) is 15.5 Å². The number of benzene rings is 2. The minimum atomic E-state index is -0.447. The molecule has 0 unspecified atom stereocenters. The second-order valence-electron chi connectivity index (χ2n) is 5.70. The van der Waals surface area contributed by atoms with Crippen LogP contribution in [0.1, 0.15) is 31.8 Å². The number of rotatable bonds is 7. The molecule has 12 nitrogen and oxygen atoms in total. The number of carbonyl (C=O) groups is 2. The Labute approximate surface area is 247 Å². The van der Waals surface area contributed by atoms with Crippen molar-refractivity contribution in [2.45, 2.75) is 12.4 Å². The molecule has 2 aromatic carbocycles. The van der Waals surface area contributed by atoms with E-state index in [2.05, 4.69) is 20.3 Å². The Kier molecular flexibility index (Phi) is 31.4. The Bertz CT molecular complexity index is 973. The van der Waals surface area contributed by atoms with E-state index in [-0.39, 0.29) is 47.9 Å². The van der Waals surface area contributed by atoms with Gasteiger partial charge in [0.15, 0.2) is 0 Å². The maximum absolute atomic E-state index is 11.7. The maximum Gasteiger partial charge on any atom is 1.00 e. The smallest absolute Gasteiger partial charge is 0.305 e. The summed E-state index contributed by atoms with van der Waals surface area (Å²) in [6.45, 7) is 0.293. The summed E-state index contributed by atoms with van der Waals surface area (Å²) in [6, 6.07) is 13.9. The van der Waals surface area contributed by atoms with Gasteiger partial charge in [-0.25, -0.2) is 10.5 Å². The van der Waals surface area contributed by atoms with Gasteiger partial charge in [-0.15, -0.1) is 29.5 Å². The van der Waals surface area contributed by atoms with Crippen molar-refractivity contribution >= 4 is 46.8 Å². The number of hydrogen-bond donors (Lipinski definition) is 3. The molecule has 16 heteroatoms. The Hall–Kier alpha value is -2.05. The zero-order valence-electron chi connectivity index (χ0n) is 20.6. The summed E-state index contributed by atoms with van der Waals surface area (Å²) in [4.78, 5) is 36.1. The molecule has 0 radical (unpaired) electrons.